The van der Waals surface area contributed by atoms with Gasteiger partial charge in [-0.3, -0.25) is 4.79 Å². The van der Waals surface area contributed by atoms with Crippen LogP contribution < -0.4 is 5.56 Å². The van der Waals surface area contributed by atoms with E-state index in [2.05, 4.69) is 21.0 Å². The number of H-pyrrole nitrogens is 1. The highest BCUT2D eigenvalue weighted by atomic mass is 79.9. The Kier molecular flexibility index (Phi) is 2.27. The molecule has 0 saturated carbocycles. The molecule has 0 atom stereocenters. The molecule has 0 unspecified atom stereocenters. The first kappa shape index (κ1) is 9.31. The molecule has 0 spiro atoms. The fourth-order valence-corrected chi connectivity index (χ4v) is 0.913. The number of nitrogens with one attached hydrogen (secondary N) is 1. The number of hydrogen-bond donors (Lipinski definition) is 1. The minimum atomic E-state index is -3.04. The number of halogens is 3. The third-order valence-corrected chi connectivity index (χ3v) is 1.80. The Balaban J connectivity index is 3.23. The van der Waals surface area contributed by atoms with Crippen molar-refractivity contribution in [2.75, 3.05) is 0 Å². The van der Waals surface area contributed by atoms with Crippen LogP contribution in [0.15, 0.2) is 15.3 Å². The van der Waals surface area contributed by atoms with E-state index in [-0.39, 0.29) is 4.47 Å². The van der Waals surface area contributed by atoms with E-state index < -0.39 is 17.2 Å². The first-order valence-electron chi connectivity index (χ1n) is 3.05. The van der Waals surface area contributed by atoms with Gasteiger partial charge in [-0.15, -0.1) is 0 Å². The minimum absolute atomic E-state index is 0.0500. The van der Waals surface area contributed by atoms with Gasteiger partial charge in [-0.2, -0.15) is 13.9 Å². The van der Waals surface area contributed by atoms with E-state index in [0.29, 0.717) is 6.92 Å². The summed E-state index contributed by atoms with van der Waals surface area (Å²) >= 11 is 2.82. The SMILES string of the molecule is CC(F)(F)c1cc(Br)c(=O)[nH]n1. The summed E-state index contributed by atoms with van der Waals surface area (Å²) in [6.45, 7) is 0.708. The Labute approximate surface area is 74.9 Å². The second-order valence-electron chi connectivity index (χ2n) is 2.32. The monoisotopic (exact) mass is 238 g/mol. The van der Waals surface area contributed by atoms with Crippen LogP contribution in [0.3, 0.4) is 0 Å². The average Bonchev–Trinajstić information content (AvgIpc) is 1.92. The molecule has 0 saturated heterocycles. The van der Waals surface area contributed by atoms with Gasteiger partial charge in [0.05, 0.1) is 4.47 Å². The molecule has 0 aliphatic carbocycles. The molecule has 0 aromatic carbocycles. The summed E-state index contributed by atoms with van der Waals surface area (Å²) in [6.07, 6.45) is 0. The van der Waals surface area contributed by atoms with Crippen molar-refractivity contribution in [3.8, 4) is 0 Å². The quantitative estimate of drug-likeness (QED) is 0.809. The van der Waals surface area contributed by atoms with Crippen molar-refractivity contribution in [1.29, 1.82) is 0 Å². The lowest BCUT2D eigenvalue weighted by atomic mass is 10.2. The molecular formula is C6H5BrF2N2O. The molecule has 1 aromatic heterocycles. The second kappa shape index (κ2) is 2.93. The zero-order valence-electron chi connectivity index (χ0n) is 6.07. The number of rotatable bonds is 1. The summed E-state index contributed by atoms with van der Waals surface area (Å²) in [6, 6.07) is 0.999. The highest BCUT2D eigenvalue weighted by molar-refractivity contribution is 9.10. The molecule has 0 bridgehead atoms. The second-order valence-corrected chi connectivity index (χ2v) is 3.17. The number of nitrogens with zero attached hydrogens (tertiary/aromatic N) is 1. The van der Waals surface area contributed by atoms with Crippen LogP contribution in [-0.2, 0) is 5.92 Å². The summed E-state index contributed by atoms with van der Waals surface area (Å²) in [7, 11) is 0. The Morgan fingerprint density at radius 2 is 2.25 bits per heavy atom. The van der Waals surface area contributed by atoms with Crippen LogP contribution in [0.1, 0.15) is 12.6 Å². The summed E-state index contributed by atoms with van der Waals surface area (Å²) in [5, 5.41) is 5.14. The van der Waals surface area contributed by atoms with Crippen molar-refractivity contribution in [2.45, 2.75) is 12.8 Å². The fourth-order valence-electron chi connectivity index (χ4n) is 0.607. The lowest BCUT2D eigenvalue weighted by molar-refractivity contribution is 0.0116. The molecule has 1 heterocycles. The number of aromatic nitrogens is 2. The molecule has 0 aliphatic heterocycles. The lowest BCUT2D eigenvalue weighted by Gasteiger charge is -2.07. The fraction of sp³-hybridized carbons (Fsp3) is 0.333. The van der Waals surface area contributed by atoms with E-state index in [9.17, 15) is 13.6 Å². The molecule has 3 nitrogen and oxygen atoms in total. The van der Waals surface area contributed by atoms with Gasteiger partial charge in [-0.1, -0.05) is 0 Å². The van der Waals surface area contributed by atoms with E-state index in [1.807, 2.05) is 5.10 Å². The van der Waals surface area contributed by atoms with Crippen molar-refractivity contribution < 1.29 is 8.78 Å². The van der Waals surface area contributed by atoms with Crippen LogP contribution in [0.4, 0.5) is 8.78 Å². The van der Waals surface area contributed by atoms with E-state index in [1.54, 1.807) is 0 Å². The van der Waals surface area contributed by atoms with Gasteiger partial charge < -0.3 is 0 Å². The average molecular weight is 239 g/mol. The van der Waals surface area contributed by atoms with Crippen LogP contribution in [-0.4, -0.2) is 10.2 Å². The van der Waals surface area contributed by atoms with Crippen molar-refractivity contribution in [1.82, 2.24) is 10.2 Å². The topological polar surface area (TPSA) is 45.8 Å². The third-order valence-electron chi connectivity index (χ3n) is 1.21. The maximum atomic E-state index is 12.6. The van der Waals surface area contributed by atoms with Gasteiger partial charge in [0, 0.05) is 6.92 Å². The Morgan fingerprint density at radius 3 is 2.67 bits per heavy atom. The van der Waals surface area contributed by atoms with Gasteiger partial charge in [0.15, 0.2) is 0 Å². The van der Waals surface area contributed by atoms with Crippen LogP contribution in [0, 0.1) is 0 Å². The van der Waals surface area contributed by atoms with Crippen molar-refractivity contribution in [3.05, 3.63) is 26.6 Å². The van der Waals surface area contributed by atoms with Gasteiger partial charge in [-0.05, 0) is 22.0 Å². The molecule has 12 heavy (non-hydrogen) atoms. The van der Waals surface area contributed by atoms with Crippen molar-refractivity contribution in [2.24, 2.45) is 0 Å². The van der Waals surface area contributed by atoms with Crippen molar-refractivity contribution in [3.63, 3.8) is 0 Å². The molecule has 6 heteroatoms. The van der Waals surface area contributed by atoms with Gasteiger partial charge in [0.2, 0.25) is 0 Å². The molecule has 1 N–H and O–H groups in total. The maximum absolute atomic E-state index is 12.6. The number of hydrogen-bond acceptors (Lipinski definition) is 2. The molecule has 0 radical (unpaired) electrons. The zero-order chi connectivity index (χ0) is 9.35. The molecule has 66 valence electrons. The van der Waals surface area contributed by atoms with Crippen LogP contribution in [0.5, 0.6) is 0 Å². The van der Waals surface area contributed by atoms with Gasteiger partial charge in [0.1, 0.15) is 5.69 Å². The zero-order valence-corrected chi connectivity index (χ0v) is 7.65. The first-order valence-corrected chi connectivity index (χ1v) is 3.84. The molecular weight excluding hydrogens is 234 g/mol. The predicted molar refractivity (Wildman–Crippen MR) is 42.1 cm³/mol. The number of aromatic amines is 1. The maximum Gasteiger partial charge on any atom is 0.288 e. The first-order chi connectivity index (χ1) is 5.41. The van der Waals surface area contributed by atoms with Gasteiger partial charge >= 0.3 is 0 Å². The van der Waals surface area contributed by atoms with Gasteiger partial charge in [-0.25, -0.2) is 5.10 Å². The van der Waals surface area contributed by atoms with E-state index in [0.717, 1.165) is 6.07 Å². The Morgan fingerprint density at radius 1 is 1.67 bits per heavy atom. The molecule has 1 rings (SSSR count). The summed E-state index contributed by atoms with van der Waals surface area (Å²) in [5.74, 6) is -3.04. The summed E-state index contributed by atoms with van der Waals surface area (Å²) in [5.41, 5.74) is -0.989. The van der Waals surface area contributed by atoms with E-state index >= 15 is 0 Å². The molecule has 0 aliphatic rings. The summed E-state index contributed by atoms with van der Waals surface area (Å²) < 4.78 is 25.2. The minimum Gasteiger partial charge on any atom is -0.267 e. The molecule has 0 fully saturated rings. The van der Waals surface area contributed by atoms with Gasteiger partial charge in [0.25, 0.3) is 11.5 Å². The van der Waals surface area contributed by atoms with Crippen LogP contribution in [0.25, 0.3) is 0 Å². The van der Waals surface area contributed by atoms with Crippen molar-refractivity contribution >= 4 is 15.9 Å². The predicted octanol–water partition coefficient (Wildman–Crippen LogP) is 1.64. The normalized spacial score (nSPS) is 11.7. The lowest BCUT2D eigenvalue weighted by Crippen LogP contribution is -2.17. The standard InChI is InChI=1S/C6H5BrF2N2O/c1-6(8,9)4-2-3(7)5(12)11-10-4/h2H,1H3,(H,11,12). The Hall–Kier alpha value is -0.780. The van der Waals surface area contributed by atoms with Crippen LogP contribution in [0.2, 0.25) is 0 Å². The van der Waals surface area contributed by atoms with E-state index in [1.165, 1.54) is 0 Å². The third kappa shape index (κ3) is 1.88. The largest absolute Gasteiger partial charge is 0.288 e. The molecule has 1 aromatic rings. The highest BCUT2D eigenvalue weighted by Gasteiger charge is 2.26. The smallest absolute Gasteiger partial charge is 0.267 e. The van der Waals surface area contributed by atoms with Crippen LogP contribution >= 0.6 is 15.9 Å². The van der Waals surface area contributed by atoms with E-state index in [4.69, 9.17) is 0 Å². The Bertz CT molecular complexity index is 344. The summed E-state index contributed by atoms with van der Waals surface area (Å²) in [4.78, 5) is 10.7. The highest BCUT2D eigenvalue weighted by Crippen LogP contribution is 2.24. The molecule has 0 amide bonds. The number of alkyl halides is 2.